The first-order chi connectivity index (χ1) is 7.83. The minimum atomic E-state index is 0.508. The maximum atomic E-state index is 5.13. The topological polar surface area (TPSA) is 63.8 Å². The minimum absolute atomic E-state index is 0.508. The van der Waals surface area contributed by atoms with Gasteiger partial charge in [0.25, 0.3) is 0 Å². The van der Waals surface area contributed by atoms with E-state index in [9.17, 15) is 0 Å². The van der Waals surface area contributed by atoms with Gasteiger partial charge >= 0.3 is 6.01 Å². The van der Waals surface area contributed by atoms with Crippen molar-refractivity contribution < 1.29 is 4.52 Å². The van der Waals surface area contributed by atoms with Gasteiger partial charge in [-0.3, -0.25) is 4.98 Å². The molecule has 1 aliphatic carbocycles. The Hall–Kier alpha value is -1.91. The van der Waals surface area contributed by atoms with Gasteiger partial charge < -0.3 is 9.84 Å². The largest absolute Gasteiger partial charge is 0.335 e. The Morgan fingerprint density at radius 1 is 1.44 bits per heavy atom. The molecule has 1 aliphatic rings. The lowest BCUT2D eigenvalue weighted by Gasteiger charge is -1.97. The van der Waals surface area contributed by atoms with Crippen LogP contribution in [0.15, 0.2) is 23.0 Å². The Kier molecular flexibility index (Phi) is 2.09. The smallest absolute Gasteiger partial charge is 0.322 e. The summed E-state index contributed by atoms with van der Waals surface area (Å²) in [6.45, 7) is 1.98. The Morgan fingerprint density at radius 3 is 3.06 bits per heavy atom. The van der Waals surface area contributed by atoms with Gasteiger partial charge in [0.1, 0.15) is 0 Å². The van der Waals surface area contributed by atoms with Crippen LogP contribution in [-0.4, -0.2) is 21.2 Å². The summed E-state index contributed by atoms with van der Waals surface area (Å²) in [5.74, 6) is 0.614. The highest BCUT2D eigenvalue weighted by molar-refractivity contribution is 5.59. The molecule has 2 aromatic rings. The van der Waals surface area contributed by atoms with E-state index in [1.165, 1.54) is 12.8 Å². The molecule has 5 heteroatoms. The molecule has 2 aromatic heterocycles. The van der Waals surface area contributed by atoms with Crippen molar-refractivity contribution in [1.82, 2.24) is 15.1 Å². The van der Waals surface area contributed by atoms with E-state index in [4.69, 9.17) is 4.52 Å². The quantitative estimate of drug-likeness (QED) is 0.850. The van der Waals surface area contributed by atoms with Crippen molar-refractivity contribution in [3.63, 3.8) is 0 Å². The molecule has 0 saturated heterocycles. The highest BCUT2D eigenvalue weighted by Crippen LogP contribution is 2.25. The maximum absolute atomic E-state index is 5.13. The van der Waals surface area contributed by atoms with E-state index >= 15 is 0 Å². The van der Waals surface area contributed by atoms with Crippen molar-refractivity contribution in [1.29, 1.82) is 0 Å². The molecule has 0 spiro atoms. The van der Waals surface area contributed by atoms with Crippen molar-refractivity contribution in [2.24, 2.45) is 0 Å². The first-order valence-electron chi connectivity index (χ1n) is 5.34. The third-order valence-electron chi connectivity index (χ3n) is 2.59. The van der Waals surface area contributed by atoms with E-state index in [1.807, 2.05) is 13.0 Å². The SMILES string of the molecule is Cc1cnccc1-c1noc(NC2CC2)n1. The maximum Gasteiger partial charge on any atom is 0.322 e. The molecule has 1 fully saturated rings. The zero-order chi connectivity index (χ0) is 11.0. The van der Waals surface area contributed by atoms with Gasteiger partial charge in [-0.1, -0.05) is 5.16 Å². The number of nitrogens with zero attached hydrogens (tertiary/aromatic N) is 3. The fraction of sp³-hybridized carbons (Fsp3) is 0.364. The Labute approximate surface area is 92.9 Å². The van der Waals surface area contributed by atoms with Crippen molar-refractivity contribution in [3.8, 4) is 11.4 Å². The van der Waals surface area contributed by atoms with Crippen LogP contribution in [0.2, 0.25) is 0 Å². The number of pyridine rings is 1. The molecular weight excluding hydrogens is 204 g/mol. The highest BCUT2D eigenvalue weighted by Gasteiger charge is 2.23. The molecule has 0 unspecified atom stereocenters. The predicted molar refractivity (Wildman–Crippen MR) is 58.9 cm³/mol. The summed E-state index contributed by atoms with van der Waals surface area (Å²) < 4.78 is 5.13. The van der Waals surface area contributed by atoms with Gasteiger partial charge in [-0.25, -0.2) is 0 Å². The number of hydrogen-bond donors (Lipinski definition) is 1. The summed E-state index contributed by atoms with van der Waals surface area (Å²) in [5, 5.41) is 7.12. The third kappa shape index (κ3) is 1.76. The van der Waals surface area contributed by atoms with Crippen LogP contribution in [0.4, 0.5) is 6.01 Å². The first-order valence-corrected chi connectivity index (χ1v) is 5.34. The number of hydrogen-bond acceptors (Lipinski definition) is 5. The van der Waals surface area contributed by atoms with E-state index in [0.717, 1.165) is 11.1 Å². The van der Waals surface area contributed by atoms with E-state index in [-0.39, 0.29) is 0 Å². The van der Waals surface area contributed by atoms with Crippen LogP contribution in [0.1, 0.15) is 18.4 Å². The molecule has 0 aliphatic heterocycles. The van der Waals surface area contributed by atoms with Crippen LogP contribution in [0.25, 0.3) is 11.4 Å². The summed E-state index contributed by atoms with van der Waals surface area (Å²) in [6.07, 6.45) is 5.89. The average molecular weight is 216 g/mol. The molecule has 0 bridgehead atoms. The number of aryl methyl sites for hydroxylation is 1. The molecule has 0 atom stereocenters. The molecule has 1 N–H and O–H groups in total. The molecule has 0 radical (unpaired) electrons. The van der Waals surface area contributed by atoms with Gasteiger partial charge in [-0.2, -0.15) is 4.98 Å². The molecule has 0 aromatic carbocycles. The van der Waals surface area contributed by atoms with Crippen LogP contribution < -0.4 is 5.32 Å². The van der Waals surface area contributed by atoms with Crippen molar-refractivity contribution in [3.05, 3.63) is 24.0 Å². The Balaban J connectivity index is 1.88. The van der Waals surface area contributed by atoms with Crippen molar-refractivity contribution in [2.45, 2.75) is 25.8 Å². The van der Waals surface area contributed by atoms with E-state index in [1.54, 1.807) is 12.4 Å². The van der Waals surface area contributed by atoms with Gasteiger partial charge in [-0.05, 0) is 31.4 Å². The zero-order valence-corrected chi connectivity index (χ0v) is 8.97. The molecule has 5 nitrogen and oxygen atoms in total. The van der Waals surface area contributed by atoms with E-state index in [0.29, 0.717) is 17.9 Å². The molecule has 16 heavy (non-hydrogen) atoms. The van der Waals surface area contributed by atoms with Gasteiger partial charge in [-0.15, -0.1) is 0 Å². The predicted octanol–water partition coefficient (Wildman–Crippen LogP) is 2.01. The fourth-order valence-electron chi connectivity index (χ4n) is 1.52. The summed E-state index contributed by atoms with van der Waals surface area (Å²) in [7, 11) is 0. The number of aromatic nitrogens is 3. The van der Waals surface area contributed by atoms with E-state index < -0.39 is 0 Å². The second kappa shape index (κ2) is 3.59. The second-order valence-electron chi connectivity index (χ2n) is 4.03. The Bertz CT molecular complexity index is 504. The molecule has 82 valence electrons. The first kappa shape index (κ1) is 9.33. The van der Waals surface area contributed by atoms with Crippen LogP contribution in [0.5, 0.6) is 0 Å². The second-order valence-corrected chi connectivity index (χ2v) is 4.03. The van der Waals surface area contributed by atoms with E-state index in [2.05, 4.69) is 20.4 Å². The number of rotatable bonds is 3. The normalized spacial score (nSPS) is 15.1. The van der Waals surface area contributed by atoms with Crippen molar-refractivity contribution >= 4 is 6.01 Å². The summed E-state index contributed by atoms with van der Waals surface area (Å²) in [6, 6.07) is 2.92. The lowest BCUT2D eigenvalue weighted by Crippen LogP contribution is -2.00. The summed E-state index contributed by atoms with van der Waals surface area (Å²) in [5.41, 5.74) is 2.00. The van der Waals surface area contributed by atoms with Crippen LogP contribution in [0.3, 0.4) is 0 Å². The van der Waals surface area contributed by atoms with Gasteiger partial charge in [0.2, 0.25) is 5.82 Å². The minimum Gasteiger partial charge on any atom is -0.335 e. The molecule has 3 rings (SSSR count). The standard InChI is InChI=1S/C11H12N4O/c1-7-6-12-5-4-9(7)10-14-11(16-15-10)13-8-2-3-8/h4-6,8H,2-3H2,1H3,(H,13,14,15). The van der Waals surface area contributed by atoms with Crippen LogP contribution in [0, 0.1) is 6.92 Å². The monoisotopic (exact) mass is 216 g/mol. The third-order valence-corrected chi connectivity index (χ3v) is 2.59. The molecule has 0 amide bonds. The van der Waals surface area contributed by atoms with Gasteiger partial charge in [0.05, 0.1) is 0 Å². The summed E-state index contributed by atoms with van der Waals surface area (Å²) >= 11 is 0. The van der Waals surface area contributed by atoms with Gasteiger partial charge in [0, 0.05) is 24.0 Å². The molecule has 1 saturated carbocycles. The van der Waals surface area contributed by atoms with Crippen molar-refractivity contribution in [2.75, 3.05) is 5.32 Å². The lowest BCUT2D eigenvalue weighted by molar-refractivity contribution is 0.432. The average Bonchev–Trinajstić information content (AvgIpc) is 2.97. The number of nitrogens with one attached hydrogen (secondary N) is 1. The molecule has 2 heterocycles. The highest BCUT2D eigenvalue weighted by atomic mass is 16.5. The lowest BCUT2D eigenvalue weighted by atomic mass is 10.1. The van der Waals surface area contributed by atoms with Gasteiger partial charge in [0.15, 0.2) is 0 Å². The van der Waals surface area contributed by atoms with Crippen LogP contribution in [-0.2, 0) is 0 Å². The number of anilines is 1. The molecular formula is C11H12N4O. The Morgan fingerprint density at radius 2 is 2.31 bits per heavy atom. The zero-order valence-electron chi connectivity index (χ0n) is 8.97. The van der Waals surface area contributed by atoms with Crippen LogP contribution >= 0.6 is 0 Å². The summed E-state index contributed by atoms with van der Waals surface area (Å²) in [4.78, 5) is 8.34. The fourth-order valence-corrected chi connectivity index (χ4v) is 1.52.